The van der Waals surface area contributed by atoms with Crippen LogP contribution in [0.2, 0.25) is 0 Å². The molecule has 0 amide bonds. The van der Waals surface area contributed by atoms with Crippen molar-refractivity contribution in [1.82, 2.24) is 14.9 Å². The van der Waals surface area contributed by atoms with Gasteiger partial charge in [-0.1, -0.05) is 6.92 Å². The Labute approximate surface area is 142 Å². The molecule has 0 radical (unpaired) electrons. The molecule has 0 unspecified atom stereocenters. The summed E-state index contributed by atoms with van der Waals surface area (Å²) in [5, 5.41) is 11.6. The molecule has 24 heavy (non-hydrogen) atoms. The molecular weight excluding hydrogens is 308 g/mol. The minimum Gasteiger partial charge on any atom is -0.348 e. The van der Waals surface area contributed by atoms with Crippen LogP contribution >= 0.6 is 0 Å². The number of piperidine rings is 1. The van der Waals surface area contributed by atoms with Gasteiger partial charge in [-0.3, -0.25) is 10.1 Å². The lowest BCUT2D eigenvalue weighted by Gasteiger charge is -2.34. The molecule has 1 aromatic rings. The van der Waals surface area contributed by atoms with Gasteiger partial charge < -0.3 is 14.7 Å². The van der Waals surface area contributed by atoms with Crippen molar-refractivity contribution in [3.05, 3.63) is 15.8 Å². The Morgan fingerprint density at radius 3 is 2.25 bits per heavy atom. The second-order valence-electron chi connectivity index (χ2n) is 7.00. The van der Waals surface area contributed by atoms with Gasteiger partial charge in [0.15, 0.2) is 0 Å². The first-order chi connectivity index (χ1) is 11.5. The number of hydrogen-bond donors (Lipinski definition) is 0. The van der Waals surface area contributed by atoms with Crippen molar-refractivity contribution in [1.29, 1.82) is 0 Å². The second kappa shape index (κ2) is 6.88. The summed E-state index contributed by atoms with van der Waals surface area (Å²) in [7, 11) is 2.07. The molecule has 8 heteroatoms. The SMILES string of the molecule is Cc1nc(N2CCC(C)CC2)nc(N2CCN(C)CC2)c1[N+](=O)[O-]. The number of piperazine rings is 1. The summed E-state index contributed by atoms with van der Waals surface area (Å²) < 4.78 is 0. The molecule has 1 aromatic heterocycles. The van der Waals surface area contributed by atoms with E-state index in [1.54, 1.807) is 6.92 Å². The lowest BCUT2D eigenvalue weighted by Crippen LogP contribution is -2.45. The third kappa shape index (κ3) is 3.43. The number of hydrogen-bond acceptors (Lipinski definition) is 7. The first kappa shape index (κ1) is 16.9. The van der Waals surface area contributed by atoms with E-state index < -0.39 is 0 Å². The van der Waals surface area contributed by atoms with Crippen LogP contribution in [-0.2, 0) is 0 Å². The van der Waals surface area contributed by atoms with Crippen LogP contribution in [0.4, 0.5) is 17.5 Å². The van der Waals surface area contributed by atoms with E-state index in [-0.39, 0.29) is 10.6 Å². The van der Waals surface area contributed by atoms with Gasteiger partial charge in [0, 0.05) is 39.3 Å². The highest BCUT2D eigenvalue weighted by molar-refractivity contribution is 5.63. The molecule has 2 fully saturated rings. The smallest absolute Gasteiger partial charge is 0.332 e. The van der Waals surface area contributed by atoms with Crippen LogP contribution in [0, 0.1) is 23.0 Å². The fourth-order valence-corrected chi connectivity index (χ4v) is 3.34. The van der Waals surface area contributed by atoms with Gasteiger partial charge >= 0.3 is 5.69 Å². The zero-order valence-corrected chi connectivity index (χ0v) is 14.7. The summed E-state index contributed by atoms with van der Waals surface area (Å²) in [5.74, 6) is 1.84. The molecule has 0 atom stereocenters. The Morgan fingerprint density at radius 1 is 1.04 bits per heavy atom. The lowest BCUT2D eigenvalue weighted by atomic mass is 10.00. The van der Waals surface area contributed by atoms with Crippen LogP contribution in [0.3, 0.4) is 0 Å². The Bertz CT molecular complexity index is 607. The summed E-state index contributed by atoms with van der Waals surface area (Å²) in [6.07, 6.45) is 2.23. The van der Waals surface area contributed by atoms with E-state index in [1.807, 2.05) is 4.90 Å². The summed E-state index contributed by atoms with van der Waals surface area (Å²) >= 11 is 0. The van der Waals surface area contributed by atoms with Crippen LogP contribution in [0.15, 0.2) is 0 Å². The minimum absolute atomic E-state index is 0.0497. The maximum atomic E-state index is 11.6. The van der Waals surface area contributed by atoms with Crippen molar-refractivity contribution in [2.45, 2.75) is 26.7 Å². The van der Waals surface area contributed by atoms with E-state index in [1.165, 1.54) is 0 Å². The van der Waals surface area contributed by atoms with Crippen molar-refractivity contribution in [2.24, 2.45) is 5.92 Å². The first-order valence-corrected chi connectivity index (χ1v) is 8.67. The molecule has 2 aliphatic heterocycles. The van der Waals surface area contributed by atoms with Gasteiger partial charge in [0.2, 0.25) is 11.8 Å². The van der Waals surface area contributed by atoms with Gasteiger partial charge in [0.25, 0.3) is 0 Å². The summed E-state index contributed by atoms with van der Waals surface area (Å²) in [4.78, 5) is 26.7. The van der Waals surface area contributed by atoms with Crippen LogP contribution in [0.1, 0.15) is 25.5 Å². The van der Waals surface area contributed by atoms with Crippen molar-refractivity contribution in [3.63, 3.8) is 0 Å². The first-order valence-electron chi connectivity index (χ1n) is 8.67. The average Bonchev–Trinajstić information content (AvgIpc) is 2.55. The predicted octanol–water partition coefficient (Wildman–Crippen LogP) is 1.68. The molecule has 2 aliphatic rings. The number of likely N-dealkylation sites (N-methyl/N-ethyl adjacent to an activating group) is 1. The number of rotatable bonds is 3. The zero-order chi connectivity index (χ0) is 17.3. The highest BCUT2D eigenvalue weighted by Crippen LogP contribution is 2.32. The number of anilines is 2. The maximum Gasteiger partial charge on any atom is 0.332 e. The molecule has 0 bridgehead atoms. The van der Waals surface area contributed by atoms with Crippen molar-refractivity contribution in [2.75, 3.05) is 56.1 Å². The van der Waals surface area contributed by atoms with Crippen LogP contribution < -0.4 is 9.80 Å². The van der Waals surface area contributed by atoms with Crippen LogP contribution in [0.5, 0.6) is 0 Å². The highest BCUT2D eigenvalue weighted by atomic mass is 16.6. The third-order valence-corrected chi connectivity index (χ3v) is 5.08. The quantitative estimate of drug-likeness (QED) is 0.614. The molecule has 0 spiro atoms. The predicted molar refractivity (Wildman–Crippen MR) is 93.7 cm³/mol. The van der Waals surface area contributed by atoms with E-state index in [4.69, 9.17) is 0 Å². The number of aromatic nitrogens is 2. The maximum absolute atomic E-state index is 11.6. The Balaban J connectivity index is 1.93. The Morgan fingerprint density at radius 2 is 1.67 bits per heavy atom. The largest absolute Gasteiger partial charge is 0.348 e. The molecule has 3 heterocycles. The standard InChI is InChI=1S/C16H26N6O2/c1-12-4-6-21(7-5-12)16-17-13(2)14(22(23)24)15(18-16)20-10-8-19(3)9-11-20/h12H,4-11H2,1-3H3. The Hall–Kier alpha value is -1.96. The summed E-state index contributed by atoms with van der Waals surface area (Å²) in [5.41, 5.74) is 0.506. The average molecular weight is 334 g/mol. The monoisotopic (exact) mass is 334 g/mol. The highest BCUT2D eigenvalue weighted by Gasteiger charge is 2.30. The van der Waals surface area contributed by atoms with Gasteiger partial charge in [-0.2, -0.15) is 4.98 Å². The van der Waals surface area contributed by atoms with Crippen molar-refractivity contribution in [3.8, 4) is 0 Å². The topological polar surface area (TPSA) is 78.6 Å². The summed E-state index contributed by atoms with van der Waals surface area (Å²) in [6, 6.07) is 0. The van der Waals surface area contributed by atoms with E-state index in [0.717, 1.165) is 58.0 Å². The van der Waals surface area contributed by atoms with E-state index in [0.29, 0.717) is 17.5 Å². The van der Waals surface area contributed by atoms with Gasteiger partial charge in [-0.15, -0.1) is 0 Å². The number of aryl methyl sites for hydroxylation is 1. The molecule has 0 saturated carbocycles. The van der Waals surface area contributed by atoms with E-state index in [2.05, 4.69) is 33.7 Å². The van der Waals surface area contributed by atoms with Gasteiger partial charge in [-0.25, -0.2) is 4.98 Å². The van der Waals surface area contributed by atoms with E-state index in [9.17, 15) is 10.1 Å². The van der Waals surface area contributed by atoms with Gasteiger partial charge in [0.05, 0.1) is 4.92 Å². The van der Waals surface area contributed by atoms with E-state index >= 15 is 0 Å². The number of nitro groups is 1. The molecule has 3 rings (SSSR count). The normalized spacial score (nSPS) is 20.5. The van der Waals surface area contributed by atoms with Crippen LogP contribution in [-0.4, -0.2) is 66.1 Å². The molecular formula is C16H26N6O2. The van der Waals surface area contributed by atoms with Crippen molar-refractivity contribution >= 4 is 17.5 Å². The number of nitrogens with zero attached hydrogens (tertiary/aromatic N) is 6. The molecule has 8 nitrogen and oxygen atoms in total. The molecule has 0 aliphatic carbocycles. The third-order valence-electron chi connectivity index (χ3n) is 5.08. The molecule has 0 aromatic carbocycles. The minimum atomic E-state index is -0.342. The molecule has 132 valence electrons. The van der Waals surface area contributed by atoms with Crippen molar-refractivity contribution < 1.29 is 4.92 Å². The van der Waals surface area contributed by atoms with Gasteiger partial charge in [-0.05, 0) is 32.7 Å². The summed E-state index contributed by atoms with van der Waals surface area (Å²) in [6.45, 7) is 9.09. The second-order valence-corrected chi connectivity index (χ2v) is 7.00. The molecule has 2 saturated heterocycles. The fourth-order valence-electron chi connectivity index (χ4n) is 3.34. The molecule has 0 N–H and O–H groups in total. The van der Waals surface area contributed by atoms with Crippen LogP contribution in [0.25, 0.3) is 0 Å². The Kier molecular flexibility index (Phi) is 4.84. The fraction of sp³-hybridized carbons (Fsp3) is 0.750. The van der Waals surface area contributed by atoms with Gasteiger partial charge in [0.1, 0.15) is 5.69 Å². The zero-order valence-electron chi connectivity index (χ0n) is 14.7. The lowest BCUT2D eigenvalue weighted by molar-refractivity contribution is -0.385.